The Bertz CT molecular complexity index is 571. The van der Waals surface area contributed by atoms with Crippen molar-refractivity contribution in [3.05, 3.63) is 34.6 Å². The lowest BCUT2D eigenvalue weighted by Gasteiger charge is -2.05. The van der Waals surface area contributed by atoms with Gasteiger partial charge < -0.3 is 10.1 Å². The van der Waals surface area contributed by atoms with Crippen LogP contribution >= 0.6 is 11.3 Å². The Morgan fingerprint density at radius 3 is 2.85 bits per heavy atom. The molecule has 0 radical (unpaired) electrons. The zero-order valence-electron chi connectivity index (χ0n) is 11.8. The van der Waals surface area contributed by atoms with Gasteiger partial charge in [0, 0.05) is 6.54 Å². The van der Waals surface area contributed by atoms with Crippen LogP contribution in [0.15, 0.2) is 18.2 Å². The van der Waals surface area contributed by atoms with Crippen molar-refractivity contribution in [3.8, 4) is 10.9 Å². The Morgan fingerprint density at radius 2 is 2.15 bits per heavy atom. The largest absolute Gasteiger partial charge is 0.430 e. The molecule has 2 rings (SSSR count). The van der Waals surface area contributed by atoms with Gasteiger partial charge in [-0.1, -0.05) is 30.3 Å². The van der Waals surface area contributed by atoms with Gasteiger partial charge in [-0.3, -0.25) is 0 Å². The van der Waals surface area contributed by atoms with Gasteiger partial charge in [-0.15, -0.1) is 5.10 Å². The molecule has 0 aliphatic carbocycles. The highest BCUT2D eigenvalue weighted by Crippen LogP contribution is 2.27. The molecule has 0 saturated heterocycles. The van der Waals surface area contributed by atoms with E-state index in [4.69, 9.17) is 4.74 Å². The molecule has 1 aromatic heterocycles. The van der Waals surface area contributed by atoms with Crippen molar-refractivity contribution in [2.24, 2.45) is 5.92 Å². The first-order chi connectivity index (χ1) is 9.54. The van der Waals surface area contributed by atoms with Gasteiger partial charge in [-0.05, 0) is 43.1 Å². The number of hydrogen-bond donors (Lipinski definition) is 1. The van der Waals surface area contributed by atoms with Crippen molar-refractivity contribution in [1.29, 1.82) is 0 Å². The maximum Gasteiger partial charge on any atom is 0.299 e. The number of rotatable bonds is 6. The third-order valence-electron chi connectivity index (χ3n) is 2.61. The normalized spacial score (nSPS) is 11.1. The number of hydrogen-bond acceptors (Lipinski definition) is 5. The summed E-state index contributed by atoms with van der Waals surface area (Å²) in [7, 11) is 0. The van der Waals surface area contributed by atoms with E-state index in [1.165, 1.54) is 23.5 Å². The number of halogens is 1. The molecule has 108 valence electrons. The highest BCUT2D eigenvalue weighted by Gasteiger charge is 2.08. The Kier molecular flexibility index (Phi) is 5.03. The Balaban J connectivity index is 1.95. The molecule has 1 N–H and O–H groups in total. The predicted octanol–water partition coefficient (Wildman–Crippen LogP) is 3.52. The third kappa shape index (κ3) is 4.25. The van der Waals surface area contributed by atoms with E-state index in [9.17, 15) is 4.39 Å². The van der Waals surface area contributed by atoms with Crippen LogP contribution < -0.4 is 10.1 Å². The Hall–Kier alpha value is -1.53. The first-order valence-corrected chi connectivity index (χ1v) is 7.33. The van der Waals surface area contributed by atoms with Crippen LogP contribution in [0, 0.1) is 18.7 Å². The van der Waals surface area contributed by atoms with E-state index in [1.807, 2.05) is 0 Å². The maximum absolute atomic E-state index is 13.0. The zero-order chi connectivity index (χ0) is 14.5. The summed E-state index contributed by atoms with van der Waals surface area (Å²) in [6, 6.07) is 4.40. The van der Waals surface area contributed by atoms with Crippen molar-refractivity contribution in [2.75, 3.05) is 6.54 Å². The van der Waals surface area contributed by atoms with Gasteiger partial charge in [0.25, 0.3) is 5.19 Å². The van der Waals surface area contributed by atoms with Crippen LogP contribution in [0.3, 0.4) is 0 Å². The lowest BCUT2D eigenvalue weighted by atomic mass is 10.2. The lowest BCUT2D eigenvalue weighted by Crippen LogP contribution is -2.18. The number of ether oxygens (including phenoxy) is 1. The number of benzene rings is 1. The van der Waals surface area contributed by atoms with Gasteiger partial charge in [-0.2, -0.15) is 0 Å². The van der Waals surface area contributed by atoms with Crippen LogP contribution in [0.25, 0.3) is 0 Å². The first-order valence-electron chi connectivity index (χ1n) is 6.51. The smallest absolute Gasteiger partial charge is 0.299 e. The molecule has 1 aromatic carbocycles. The highest BCUT2D eigenvalue weighted by atomic mass is 32.1. The van der Waals surface area contributed by atoms with Crippen LogP contribution in [-0.2, 0) is 6.54 Å². The van der Waals surface area contributed by atoms with Crippen molar-refractivity contribution >= 4 is 11.3 Å². The van der Waals surface area contributed by atoms with Crippen LogP contribution in [0.5, 0.6) is 10.9 Å². The van der Waals surface area contributed by atoms with E-state index < -0.39 is 0 Å². The van der Waals surface area contributed by atoms with E-state index in [1.54, 1.807) is 13.0 Å². The molecule has 0 fully saturated rings. The van der Waals surface area contributed by atoms with Crippen LogP contribution in [0.2, 0.25) is 0 Å². The second-order valence-electron chi connectivity index (χ2n) is 5.00. The SMILES string of the molecule is Cc1cc(F)ccc1Oc1nnc(CNCC(C)C)s1. The molecule has 0 aliphatic heterocycles. The lowest BCUT2D eigenvalue weighted by molar-refractivity contribution is 0.467. The molecular weight excluding hydrogens is 277 g/mol. The molecule has 20 heavy (non-hydrogen) atoms. The molecule has 0 atom stereocenters. The summed E-state index contributed by atoms with van der Waals surface area (Å²) >= 11 is 1.39. The molecule has 4 nitrogen and oxygen atoms in total. The van der Waals surface area contributed by atoms with E-state index >= 15 is 0 Å². The molecule has 0 amide bonds. The zero-order valence-corrected chi connectivity index (χ0v) is 12.6. The average Bonchev–Trinajstić information content (AvgIpc) is 2.80. The second-order valence-corrected chi connectivity index (χ2v) is 6.02. The molecule has 0 bridgehead atoms. The summed E-state index contributed by atoms with van der Waals surface area (Å²) in [5.74, 6) is 0.926. The second kappa shape index (κ2) is 6.76. The molecule has 0 spiro atoms. The van der Waals surface area contributed by atoms with Gasteiger partial charge in [0.15, 0.2) is 0 Å². The van der Waals surface area contributed by atoms with Gasteiger partial charge in [0.2, 0.25) is 0 Å². The van der Waals surface area contributed by atoms with Gasteiger partial charge in [-0.25, -0.2) is 4.39 Å². The van der Waals surface area contributed by atoms with Crippen LogP contribution in [-0.4, -0.2) is 16.7 Å². The Morgan fingerprint density at radius 1 is 1.35 bits per heavy atom. The molecule has 6 heteroatoms. The fourth-order valence-corrected chi connectivity index (χ4v) is 2.31. The molecule has 0 aliphatic rings. The minimum absolute atomic E-state index is 0.273. The van der Waals surface area contributed by atoms with E-state index in [0.717, 1.165) is 17.1 Å². The van der Waals surface area contributed by atoms with Gasteiger partial charge >= 0.3 is 0 Å². The third-order valence-corrected chi connectivity index (χ3v) is 3.41. The standard InChI is InChI=1S/C14H18FN3OS/c1-9(2)7-16-8-13-17-18-14(20-13)19-12-5-4-11(15)6-10(12)3/h4-6,9,16H,7-8H2,1-3H3. The summed E-state index contributed by atoms with van der Waals surface area (Å²) < 4.78 is 18.6. The van der Waals surface area contributed by atoms with Gasteiger partial charge in [0.05, 0.1) is 0 Å². The van der Waals surface area contributed by atoms with E-state index in [-0.39, 0.29) is 5.82 Å². The molecule has 0 saturated carbocycles. The monoisotopic (exact) mass is 295 g/mol. The number of nitrogens with zero attached hydrogens (tertiary/aromatic N) is 2. The number of aryl methyl sites for hydroxylation is 1. The molecule has 2 aromatic rings. The summed E-state index contributed by atoms with van der Waals surface area (Å²) in [5, 5.41) is 12.7. The fourth-order valence-electron chi connectivity index (χ4n) is 1.64. The minimum Gasteiger partial charge on any atom is -0.430 e. The quantitative estimate of drug-likeness (QED) is 0.885. The molecular formula is C14H18FN3OS. The molecule has 1 heterocycles. The topological polar surface area (TPSA) is 47.0 Å². The summed E-state index contributed by atoms with van der Waals surface area (Å²) in [6.07, 6.45) is 0. The fraction of sp³-hybridized carbons (Fsp3) is 0.429. The van der Waals surface area contributed by atoms with E-state index in [2.05, 4.69) is 29.4 Å². The number of nitrogens with one attached hydrogen (secondary N) is 1. The minimum atomic E-state index is -0.273. The first kappa shape index (κ1) is 14.9. The maximum atomic E-state index is 13.0. The van der Waals surface area contributed by atoms with Crippen LogP contribution in [0.4, 0.5) is 4.39 Å². The van der Waals surface area contributed by atoms with Crippen LogP contribution in [0.1, 0.15) is 24.4 Å². The predicted molar refractivity (Wildman–Crippen MR) is 77.7 cm³/mol. The van der Waals surface area contributed by atoms with Crippen molar-refractivity contribution in [2.45, 2.75) is 27.3 Å². The van der Waals surface area contributed by atoms with Crippen molar-refractivity contribution in [1.82, 2.24) is 15.5 Å². The van der Waals surface area contributed by atoms with Crippen molar-refractivity contribution in [3.63, 3.8) is 0 Å². The van der Waals surface area contributed by atoms with E-state index in [0.29, 0.717) is 23.4 Å². The van der Waals surface area contributed by atoms with Gasteiger partial charge in [0.1, 0.15) is 16.6 Å². The summed E-state index contributed by atoms with van der Waals surface area (Å²) in [5.41, 5.74) is 0.736. The summed E-state index contributed by atoms with van der Waals surface area (Å²) in [6.45, 7) is 7.72. The van der Waals surface area contributed by atoms with Crippen molar-refractivity contribution < 1.29 is 9.13 Å². The molecule has 0 unspecified atom stereocenters. The average molecular weight is 295 g/mol. The summed E-state index contributed by atoms with van der Waals surface area (Å²) in [4.78, 5) is 0. The highest BCUT2D eigenvalue weighted by molar-refractivity contribution is 7.13. The number of aromatic nitrogens is 2. The Labute approximate surface area is 122 Å².